The molecule has 0 saturated heterocycles. The molecule has 0 spiro atoms. The molecule has 0 saturated carbocycles. The van der Waals surface area contributed by atoms with Crippen LogP contribution in [0.2, 0.25) is 0 Å². The first-order valence-corrected chi connectivity index (χ1v) is 10.4. The van der Waals surface area contributed by atoms with Gasteiger partial charge in [0, 0.05) is 0 Å². The van der Waals surface area contributed by atoms with Crippen LogP contribution in [-0.2, 0) is 17.6 Å². The molecule has 0 radical (unpaired) electrons. The number of carbonyl (C=O) groups is 1. The molecular weight excluding hydrogens is 358 g/mol. The molecule has 3 aromatic carbocycles. The zero-order chi connectivity index (χ0) is 20.1. The summed E-state index contributed by atoms with van der Waals surface area (Å²) in [5.74, 6) is 0.643. The third kappa shape index (κ3) is 4.68. The van der Waals surface area contributed by atoms with E-state index in [1.54, 1.807) is 0 Å². The fourth-order valence-electron chi connectivity index (χ4n) is 3.95. The van der Waals surface area contributed by atoms with E-state index in [4.69, 9.17) is 4.74 Å². The number of ether oxygens (including phenoxy) is 1. The smallest absolute Gasteiger partial charge is 0.261 e. The van der Waals surface area contributed by atoms with E-state index in [-0.39, 0.29) is 11.9 Å². The zero-order valence-electron chi connectivity index (χ0n) is 16.8. The highest BCUT2D eigenvalue weighted by Gasteiger charge is 2.22. The van der Waals surface area contributed by atoms with Crippen LogP contribution in [0.1, 0.15) is 48.1 Å². The van der Waals surface area contributed by atoms with Crippen molar-refractivity contribution in [2.75, 3.05) is 0 Å². The van der Waals surface area contributed by atoms with E-state index in [1.165, 1.54) is 24.0 Å². The van der Waals surface area contributed by atoms with Crippen molar-refractivity contribution in [1.29, 1.82) is 0 Å². The molecule has 3 nitrogen and oxygen atoms in total. The van der Waals surface area contributed by atoms with E-state index in [0.29, 0.717) is 0 Å². The molecule has 3 aromatic rings. The Hall–Kier alpha value is -3.07. The first-order chi connectivity index (χ1) is 14.2. The Labute approximate surface area is 172 Å². The fourth-order valence-corrected chi connectivity index (χ4v) is 3.95. The highest BCUT2D eigenvalue weighted by molar-refractivity contribution is 5.81. The van der Waals surface area contributed by atoms with E-state index < -0.39 is 6.10 Å². The summed E-state index contributed by atoms with van der Waals surface area (Å²) in [6.07, 6.45) is 4.14. The second-order valence-corrected chi connectivity index (χ2v) is 7.66. The summed E-state index contributed by atoms with van der Waals surface area (Å²) >= 11 is 0. The molecule has 1 amide bonds. The highest BCUT2D eigenvalue weighted by atomic mass is 16.5. The van der Waals surface area contributed by atoms with Crippen molar-refractivity contribution in [2.45, 2.75) is 44.8 Å². The first kappa shape index (κ1) is 19.3. The van der Waals surface area contributed by atoms with Crippen LogP contribution in [-0.4, -0.2) is 12.0 Å². The Morgan fingerprint density at radius 3 is 2.03 bits per heavy atom. The van der Waals surface area contributed by atoms with Crippen LogP contribution in [0, 0.1) is 0 Å². The lowest BCUT2D eigenvalue weighted by Crippen LogP contribution is -2.39. The van der Waals surface area contributed by atoms with Crippen LogP contribution >= 0.6 is 0 Å². The summed E-state index contributed by atoms with van der Waals surface area (Å²) in [5.41, 5.74) is 4.86. The van der Waals surface area contributed by atoms with E-state index in [9.17, 15) is 4.79 Å². The number of rotatable bonds is 6. The minimum atomic E-state index is -0.577. The Kier molecular flexibility index (Phi) is 5.95. The second kappa shape index (κ2) is 8.95. The topological polar surface area (TPSA) is 38.3 Å². The van der Waals surface area contributed by atoms with E-state index in [0.717, 1.165) is 29.7 Å². The lowest BCUT2D eigenvalue weighted by atomic mass is 9.92. The Morgan fingerprint density at radius 1 is 0.828 bits per heavy atom. The maximum Gasteiger partial charge on any atom is 0.261 e. The van der Waals surface area contributed by atoms with Crippen LogP contribution in [0.25, 0.3) is 0 Å². The Morgan fingerprint density at radius 2 is 1.41 bits per heavy atom. The molecule has 0 aromatic heterocycles. The molecule has 0 bridgehead atoms. The largest absolute Gasteiger partial charge is 0.481 e. The van der Waals surface area contributed by atoms with Crippen molar-refractivity contribution >= 4 is 5.91 Å². The molecule has 3 heteroatoms. The lowest BCUT2D eigenvalue weighted by molar-refractivity contribution is -0.127. The summed E-state index contributed by atoms with van der Waals surface area (Å²) in [5, 5.41) is 3.17. The monoisotopic (exact) mass is 385 g/mol. The number of hydrogen-bond acceptors (Lipinski definition) is 2. The first-order valence-electron chi connectivity index (χ1n) is 10.4. The second-order valence-electron chi connectivity index (χ2n) is 7.66. The van der Waals surface area contributed by atoms with Crippen molar-refractivity contribution in [3.63, 3.8) is 0 Å². The summed E-state index contributed by atoms with van der Waals surface area (Å²) in [6.45, 7) is 1.81. The molecule has 1 atom stereocenters. The van der Waals surface area contributed by atoms with Crippen molar-refractivity contribution in [3.8, 4) is 5.75 Å². The number of aryl methyl sites for hydroxylation is 2. The molecular formula is C26H27NO2. The predicted octanol–water partition coefficient (Wildman–Crippen LogP) is 5.24. The molecule has 1 aliphatic carbocycles. The number of hydrogen-bond donors (Lipinski definition) is 1. The average Bonchev–Trinajstić information content (AvgIpc) is 2.78. The SMILES string of the molecule is CC(Oc1ccc2c(c1)CCCC2)C(=O)NC(c1ccccc1)c1ccccc1. The third-order valence-electron chi connectivity index (χ3n) is 5.55. The van der Waals surface area contributed by atoms with Gasteiger partial charge in [-0.25, -0.2) is 0 Å². The molecule has 1 aliphatic rings. The molecule has 0 aliphatic heterocycles. The Bertz CT molecular complexity index is 913. The van der Waals surface area contributed by atoms with Crippen molar-refractivity contribution in [3.05, 3.63) is 101 Å². The van der Waals surface area contributed by atoms with Crippen LogP contribution in [0.3, 0.4) is 0 Å². The minimum absolute atomic E-state index is 0.125. The van der Waals surface area contributed by atoms with E-state index in [1.807, 2.05) is 73.7 Å². The van der Waals surface area contributed by atoms with Gasteiger partial charge in [0.15, 0.2) is 6.10 Å². The average molecular weight is 386 g/mol. The number of amides is 1. The predicted molar refractivity (Wildman–Crippen MR) is 116 cm³/mol. The summed E-state index contributed by atoms with van der Waals surface area (Å²) in [7, 11) is 0. The van der Waals surface area contributed by atoms with Gasteiger partial charge in [0.1, 0.15) is 5.75 Å². The number of fused-ring (bicyclic) bond motifs is 1. The maximum absolute atomic E-state index is 13.0. The van der Waals surface area contributed by atoms with Gasteiger partial charge in [-0.15, -0.1) is 0 Å². The van der Waals surface area contributed by atoms with Gasteiger partial charge < -0.3 is 10.1 Å². The minimum Gasteiger partial charge on any atom is -0.481 e. The molecule has 1 unspecified atom stereocenters. The number of carbonyl (C=O) groups excluding carboxylic acids is 1. The zero-order valence-corrected chi connectivity index (χ0v) is 16.8. The van der Waals surface area contributed by atoms with Crippen LogP contribution in [0.15, 0.2) is 78.9 Å². The van der Waals surface area contributed by atoms with Crippen molar-refractivity contribution in [1.82, 2.24) is 5.32 Å². The molecule has 148 valence electrons. The lowest BCUT2D eigenvalue weighted by Gasteiger charge is -2.23. The number of nitrogens with one attached hydrogen (secondary N) is 1. The van der Waals surface area contributed by atoms with E-state index in [2.05, 4.69) is 17.4 Å². The summed E-state index contributed by atoms with van der Waals surface area (Å²) in [6, 6.07) is 26.1. The molecule has 29 heavy (non-hydrogen) atoms. The molecule has 4 rings (SSSR count). The van der Waals surface area contributed by atoms with Crippen molar-refractivity contribution in [2.24, 2.45) is 0 Å². The van der Waals surface area contributed by atoms with Gasteiger partial charge in [-0.3, -0.25) is 4.79 Å². The van der Waals surface area contributed by atoms with Gasteiger partial charge in [-0.2, -0.15) is 0 Å². The van der Waals surface area contributed by atoms with Gasteiger partial charge in [0.05, 0.1) is 6.04 Å². The molecule has 0 fully saturated rings. The third-order valence-corrected chi connectivity index (χ3v) is 5.55. The van der Waals surface area contributed by atoms with Crippen LogP contribution in [0.5, 0.6) is 5.75 Å². The quantitative estimate of drug-likeness (QED) is 0.630. The van der Waals surface area contributed by atoms with Crippen LogP contribution < -0.4 is 10.1 Å². The standard InChI is InChI=1S/C26H27NO2/c1-19(29-24-17-16-20-10-8-9-15-23(20)18-24)26(28)27-25(21-11-4-2-5-12-21)22-13-6-3-7-14-22/h2-7,11-14,16-19,25H,8-10,15H2,1H3,(H,27,28). The summed E-state index contributed by atoms with van der Waals surface area (Å²) < 4.78 is 6.00. The molecule has 0 heterocycles. The van der Waals surface area contributed by atoms with Crippen molar-refractivity contribution < 1.29 is 9.53 Å². The van der Waals surface area contributed by atoms with Gasteiger partial charge >= 0.3 is 0 Å². The maximum atomic E-state index is 13.0. The van der Waals surface area contributed by atoms with Gasteiger partial charge in [-0.05, 0) is 67.0 Å². The number of benzene rings is 3. The van der Waals surface area contributed by atoms with Gasteiger partial charge in [-0.1, -0.05) is 66.7 Å². The fraction of sp³-hybridized carbons (Fsp3) is 0.269. The highest BCUT2D eigenvalue weighted by Crippen LogP contribution is 2.26. The Balaban J connectivity index is 1.48. The van der Waals surface area contributed by atoms with Crippen LogP contribution in [0.4, 0.5) is 0 Å². The van der Waals surface area contributed by atoms with Gasteiger partial charge in [0.25, 0.3) is 5.91 Å². The normalized spacial score (nSPS) is 14.1. The molecule has 1 N–H and O–H groups in total. The van der Waals surface area contributed by atoms with Gasteiger partial charge in [0.2, 0.25) is 0 Å². The van der Waals surface area contributed by atoms with E-state index >= 15 is 0 Å². The summed E-state index contributed by atoms with van der Waals surface area (Å²) in [4.78, 5) is 13.0.